The van der Waals surface area contributed by atoms with Crippen LogP contribution in [0.25, 0.3) is 0 Å². The molecule has 0 heterocycles. The summed E-state index contributed by atoms with van der Waals surface area (Å²) < 4.78 is 0. The summed E-state index contributed by atoms with van der Waals surface area (Å²) in [5.41, 5.74) is 0. The summed E-state index contributed by atoms with van der Waals surface area (Å²) in [6, 6.07) is -0.277. The summed E-state index contributed by atoms with van der Waals surface area (Å²) >= 11 is 0. The zero-order chi connectivity index (χ0) is 13.8. The lowest BCUT2D eigenvalue weighted by Crippen LogP contribution is -2.40. The number of rotatable bonds is 6. The molecule has 6 heteroatoms. The van der Waals surface area contributed by atoms with E-state index in [2.05, 4.69) is 10.6 Å². The Morgan fingerprint density at radius 2 is 2.00 bits per heavy atom. The van der Waals surface area contributed by atoms with Crippen LogP contribution in [0.5, 0.6) is 0 Å². The highest BCUT2D eigenvalue weighted by molar-refractivity contribution is 5.74. The molecule has 0 spiro atoms. The lowest BCUT2D eigenvalue weighted by Gasteiger charge is -2.21. The van der Waals surface area contributed by atoms with Crippen LogP contribution < -0.4 is 10.6 Å². The Kier molecular flexibility index (Phi) is 4.63. The summed E-state index contributed by atoms with van der Waals surface area (Å²) in [4.78, 5) is 21.9. The number of nitrogens with one attached hydrogen (secondary N) is 2. The lowest BCUT2D eigenvalue weighted by molar-refractivity contribution is -0.146. The quantitative estimate of drug-likeness (QED) is 0.566. The third kappa shape index (κ3) is 3.83. The topological polar surface area (TPSA) is 98.7 Å². The number of hydrogen-bond acceptors (Lipinski definition) is 3. The van der Waals surface area contributed by atoms with Crippen LogP contribution in [0.15, 0.2) is 0 Å². The van der Waals surface area contributed by atoms with Gasteiger partial charge in [-0.1, -0.05) is 6.42 Å². The molecule has 2 rings (SSSR count). The van der Waals surface area contributed by atoms with E-state index in [9.17, 15) is 9.59 Å². The fourth-order valence-electron chi connectivity index (χ4n) is 3.36. The molecule has 2 fully saturated rings. The summed E-state index contributed by atoms with van der Waals surface area (Å²) in [6.45, 7) is 0.866. The number of carbonyl (C=O) groups is 2. The van der Waals surface area contributed by atoms with Crippen molar-refractivity contribution < 1.29 is 19.8 Å². The number of aliphatic carboxylic acids is 1. The van der Waals surface area contributed by atoms with Crippen LogP contribution in [0.4, 0.5) is 4.79 Å². The summed E-state index contributed by atoms with van der Waals surface area (Å²) in [5.74, 6) is 0.989. The number of carboxylic acids is 1. The van der Waals surface area contributed by atoms with E-state index < -0.39 is 12.1 Å². The molecule has 4 N–H and O–H groups in total. The van der Waals surface area contributed by atoms with Crippen molar-refractivity contribution in [2.75, 3.05) is 13.1 Å². The van der Waals surface area contributed by atoms with Crippen molar-refractivity contribution in [2.24, 2.45) is 17.8 Å². The fraction of sp³-hybridized carbons (Fsp3) is 0.846. The van der Waals surface area contributed by atoms with Gasteiger partial charge in [-0.3, -0.25) is 0 Å². The maximum Gasteiger partial charge on any atom is 0.332 e. The second-order valence-electron chi connectivity index (χ2n) is 5.71. The molecular weight excluding hydrogens is 248 g/mol. The molecule has 0 aliphatic heterocycles. The lowest BCUT2D eigenvalue weighted by atomic mass is 9.89. The van der Waals surface area contributed by atoms with E-state index in [1.807, 2.05) is 0 Å². The van der Waals surface area contributed by atoms with Gasteiger partial charge >= 0.3 is 12.0 Å². The molecule has 0 radical (unpaired) electrons. The van der Waals surface area contributed by atoms with Gasteiger partial charge < -0.3 is 20.8 Å². The van der Waals surface area contributed by atoms with Gasteiger partial charge in [-0.05, 0) is 37.0 Å². The van der Waals surface area contributed by atoms with Gasteiger partial charge in [0.15, 0.2) is 6.10 Å². The number of aliphatic hydroxyl groups is 1. The van der Waals surface area contributed by atoms with E-state index in [1.165, 1.54) is 25.7 Å². The smallest absolute Gasteiger partial charge is 0.332 e. The zero-order valence-electron chi connectivity index (χ0n) is 11.0. The second-order valence-corrected chi connectivity index (χ2v) is 5.71. The maximum atomic E-state index is 11.5. The van der Waals surface area contributed by atoms with Gasteiger partial charge in [0, 0.05) is 19.5 Å². The van der Waals surface area contributed by atoms with Crippen LogP contribution in [0.2, 0.25) is 0 Å². The summed E-state index contributed by atoms with van der Waals surface area (Å²) in [5, 5.41) is 22.9. The molecule has 0 saturated heterocycles. The Morgan fingerprint density at radius 3 is 2.58 bits per heavy atom. The minimum Gasteiger partial charge on any atom is -0.479 e. The number of urea groups is 1. The standard InChI is InChI=1S/C13H22N2O4/c16-11(12(17)18)3-4-14-13(19)15-7-10-6-8-1-2-9(10)5-8/h8-11,16H,1-7H2,(H,17,18)(H2,14,15,19)/t8?,9?,10?,11-/m0/s1. The molecule has 2 saturated carbocycles. The second kappa shape index (κ2) is 6.23. The average molecular weight is 270 g/mol. The SMILES string of the molecule is O=C(NCC[C@H](O)C(=O)O)NCC1CC2CCC1C2. The molecule has 3 unspecified atom stereocenters. The van der Waals surface area contributed by atoms with Gasteiger partial charge in [-0.2, -0.15) is 0 Å². The summed E-state index contributed by atoms with van der Waals surface area (Å²) in [7, 11) is 0. The number of amides is 2. The van der Waals surface area contributed by atoms with Crippen molar-refractivity contribution in [1.29, 1.82) is 0 Å². The number of hydrogen-bond donors (Lipinski definition) is 4. The van der Waals surface area contributed by atoms with Crippen LogP contribution in [-0.4, -0.2) is 41.4 Å². The molecule has 2 aliphatic rings. The first kappa shape index (κ1) is 14.1. The molecule has 2 bridgehead atoms. The van der Waals surface area contributed by atoms with Gasteiger partial charge in [0.2, 0.25) is 0 Å². The highest BCUT2D eigenvalue weighted by atomic mass is 16.4. The monoisotopic (exact) mass is 270 g/mol. The van der Waals surface area contributed by atoms with Crippen LogP contribution in [-0.2, 0) is 4.79 Å². The van der Waals surface area contributed by atoms with E-state index in [4.69, 9.17) is 10.2 Å². The van der Waals surface area contributed by atoms with Gasteiger partial charge in [0.1, 0.15) is 0 Å². The van der Waals surface area contributed by atoms with Crippen molar-refractivity contribution in [3.05, 3.63) is 0 Å². The van der Waals surface area contributed by atoms with E-state index >= 15 is 0 Å². The van der Waals surface area contributed by atoms with Crippen LogP contribution >= 0.6 is 0 Å². The first-order chi connectivity index (χ1) is 9.06. The van der Waals surface area contributed by atoms with Gasteiger partial charge in [0.25, 0.3) is 0 Å². The molecular formula is C13H22N2O4. The van der Waals surface area contributed by atoms with Crippen molar-refractivity contribution >= 4 is 12.0 Å². The van der Waals surface area contributed by atoms with Crippen molar-refractivity contribution in [2.45, 2.75) is 38.2 Å². The van der Waals surface area contributed by atoms with Crippen LogP contribution in [0, 0.1) is 17.8 Å². The minimum atomic E-state index is -1.41. The third-order valence-electron chi connectivity index (χ3n) is 4.40. The number of carboxylic acid groups (broad SMARTS) is 1. The third-order valence-corrected chi connectivity index (χ3v) is 4.40. The molecule has 0 aromatic carbocycles. The van der Waals surface area contributed by atoms with Crippen molar-refractivity contribution in [1.82, 2.24) is 10.6 Å². The largest absolute Gasteiger partial charge is 0.479 e. The minimum absolute atomic E-state index is 0.0247. The molecule has 2 aliphatic carbocycles. The molecule has 108 valence electrons. The van der Waals surface area contributed by atoms with Crippen LogP contribution in [0.1, 0.15) is 32.1 Å². The number of carbonyl (C=O) groups excluding carboxylic acids is 1. The predicted molar refractivity (Wildman–Crippen MR) is 68.6 cm³/mol. The zero-order valence-corrected chi connectivity index (χ0v) is 11.0. The molecule has 6 nitrogen and oxygen atoms in total. The van der Waals surface area contributed by atoms with Crippen molar-refractivity contribution in [3.63, 3.8) is 0 Å². The molecule has 2 amide bonds. The Balaban J connectivity index is 1.56. The van der Waals surface area contributed by atoms with Crippen molar-refractivity contribution in [3.8, 4) is 0 Å². The van der Waals surface area contributed by atoms with E-state index in [-0.39, 0.29) is 19.0 Å². The normalized spacial score (nSPS) is 30.1. The molecule has 4 atom stereocenters. The van der Waals surface area contributed by atoms with E-state index in [0.717, 1.165) is 11.8 Å². The van der Waals surface area contributed by atoms with Gasteiger partial charge in [-0.15, -0.1) is 0 Å². The molecule has 0 aromatic rings. The number of aliphatic hydroxyl groups excluding tert-OH is 1. The number of fused-ring (bicyclic) bond motifs is 2. The Labute approximate surface area is 112 Å². The van der Waals surface area contributed by atoms with E-state index in [1.54, 1.807) is 0 Å². The maximum absolute atomic E-state index is 11.5. The molecule has 19 heavy (non-hydrogen) atoms. The molecule has 0 aromatic heterocycles. The van der Waals surface area contributed by atoms with Crippen LogP contribution in [0.3, 0.4) is 0 Å². The Morgan fingerprint density at radius 1 is 1.21 bits per heavy atom. The summed E-state index contributed by atoms with van der Waals surface area (Å²) in [6.07, 6.45) is 3.80. The first-order valence-corrected chi connectivity index (χ1v) is 6.99. The average Bonchev–Trinajstić information content (AvgIpc) is 2.98. The highest BCUT2D eigenvalue weighted by Gasteiger charge is 2.39. The Bertz CT molecular complexity index is 348. The Hall–Kier alpha value is -1.30. The highest BCUT2D eigenvalue weighted by Crippen LogP contribution is 2.47. The van der Waals surface area contributed by atoms with E-state index in [0.29, 0.717) is 12.5 Å². The first-order valence-electron chi connectivity index (χ1n) is 6.99. The fourth-order valence-corrected chi connectivity index (χ4v) is 3.36. The van der Waals surface area contributed by atoms with Gasteiger partial charge in [-0.25, -0.2) is 9.59 Å². The van der Waals surface area contributed by atoms with Gasteiger partial charge in [0.05, 0.1) is 0 Å². The predicted octanol–water partition coefficient (Wildman–Crippen LogP) is 0.557.